The van der Waals surface area contributed by atoms with Gasteiger partial charge in [-0.15, -0.1) is 0 Å². The Kier molecular flexibility index (Phi) is 5.49. The summed E-state index contributed by atoms with van der Waals surface area (Å²) in [5.74, 6) is -0.252. The van der Waals surface area contributed by atoms with Gasteiger partial charge in [0.25, 0.3) is 5.91 Å². The molecule has 0 unspecified atom stereocenters. The average Bonchev–Trinajstić information content (AvgIpc) is 3.36. The molecule has 1 saturated carbocycles. The lowest BCUT2D eigenvalue weighted by molar-refractivity contribution is -0.134. The van der Waals surface area contributed by atoms with Crippen molar-refractivity contribution in [3.63, 3.8) is 0 Å². The van der Waals surface area contributed by atoms with Gasteiger partial charge in [-0.25, -0.2) is 0 Å². The maximum atomic E-state index is 13.8. The summed E-state index contributed by atoms with van der Waals surface area (Å²) in [5, 5.41) is 3.31. The van der Waals surface area contributed by atoms with E-state index < -0.39 is 5.54 Å². The first-order valence-corrected chi connectivity index (χ1v) is 11.6. The number of furan rings is 1. The number of carbonyl (C=O) groups excluding carboxylic acids is 2. The summed E-state index contributed by atoms with van der Waals surface area (Å²) in [6.07, 6.45) is 13.1. The number of pyridine rings is 1. The zero-order chi connectivity index (χ0) is 22.1. The Morgan fingerprint density at radius 2 is 2.00 bits per heavy atom. The molecule has 1 fully saturated rings. The van der Waals surface area contributed by atoms with Crippen molar-refractivity contribution in [1.29, 1.82) is 0 Å². The molecule has 4 heterocycles. The molecule has 7 heteroatoms. The lowest BCUT2D eigenvalue weighted by Crippen LogP contribution is -2.64. The maximum Gasteiger partial charge on any atom is 0.271 e. The van der Waals surface area contributed by atoms with Gasteiger partial charge in [0.15, 0.2) is 5.58 Å². The van der Waals surface area contributed by atoms with Crippen molar-refractivity contribution in [3.8, 4) is 0 Å². The minimum atomic E-state index is -1.02. The molecule has 168 valence electrons. The molecule has 0 spiro atoms. The summed E-state index contributed by atoms with van der Waals surface area (Å²) in [6, 6.07) is 7.59. The lowest BCUT2D eigenvalue weighted by atomic mass is 9.91. The zero-order valence-corrected chi connectivity index (χ0v) is 18.5. The number of hydrogen-bond acceptors (Lipinski definition) is 4. The van der Waals surface area contributed by atoms with Crippen molar-refractivity contribution in [2.75, 3.05) is 0 Å². The molecule has 1 atom stereocenters. The van der Waals surface area contributed by atoms with Crippen LogP contribution in [0.2, 0.25) is 0 Å². The number of carbonyl (C=O) groups is 2. The predicted octanol–water partition coefficient (Wildman–Crippen LogP) is 4.27. The molecule has 0 radical (unpaired) electrons. The van der Waals surface area contributed by atoms with Gasteiger partial charge in [0.2, 0.25) is 5.91 Å². The molecule has 1 aliphatic heterocycles. The Hall–Kier alpha value is -3.09. The van der Waals surface area contributed by atoms with Crippen molar-refractivity contribution >= 4 is 22.9 Å². The molecule has 1 aliphatic carbocycles. The Morgan fingerprint density at radius 3 is 2.75 bits per heavy atom. The third-order valence-corrected chi connectivity index (χ3v) is 7.04. The molecule has 1 N–H and O–H groups in total. The molecule has 3 aromatic heterocycles. The third-order valence-electron chi connectivity index (χ3n) is 7.04. The fourth-order valence-electron chi connectivity index (χ4n) is 5.14. The standard InChI is InChI=1S/C25H30N4O3/c1-25(24(31)27-19-9-5-3-2-4-6-10-19)17-28-20-11-13-32-22(20)14-21(28)23(30)29(25)16-18-8-7-12-26-15-18/h7-8,11-15,19H,2-6,9-10,16-17H2,1H3,(H,27,31)/t25-/m0/s1. The molecule has 5 rings (SSSR count). The third kappa shape index (κ3) is 3.70. The fraction of sp³-hybridized carbons (Fsp3) is 0.480. The van der Waals surface area contributed by atoms with Crippen molar-refractivity contribution in [1.82, 2.24) is 19.8 Å². The number of nitrogens with one attached hydrogen (secondary N) is 1. The van der Waals surface area contributed by atoms with Crippen LogP contribution in [0.5, 0.6) is 0 Å². The van der Waals surface area contributed by atoms with Gasteiger partial charge < -0.3 is 19.2 Å². The predicted molar refractivity (Wildman–Crippen MR) is 121 cm³/mol. The second-order valence-corrected chi connectivity index (χ2v) is 9.33. The van der Waals surface area contributed by atoms with Gasteiger partial charge in [-0.05, 0) is 31.4 Å². The Balaban J connectivity index is 1.49. The number of rotatable bonds is 4. The second-order valence-electron chi connectivity index (χ2n) is 9.33. The molecule has 32 heavy (non-hydrogen) atoms. The highest BCUT2D eigenvalue weighted by Crippen LogP contribution is 2.34. The van der Waals surface area contributed by atoms with Crippen molar-refractivity contribution in [2.45, 2.75) is 76.5 Å². The summed E-state index contributed by atoms with van der Waals surface area (Å²) < 4.78 is 7.48. The quantitative estimate of drug-likeness (QED) is 0.665. The maximum absolute atomic E-state index is 13.8. The van der Waals surface area contributed by atoms with Gasteiger partial charge in [-0.3, -0.25) is 14.6 Å². The van der Waals surface area contributed by atoms with Crippen LogP contribution in [0.3, 0.4) is 0 Å². The normalized spacial score (nSPS) is 22.4. The Morgan fingerprint density at radius 1 is 1.22 bits per heavy atom. The monoisotopic (exact) mass is 434 g/mol. The largest absolute Gasteiger partial charge is 0.463 e. The molecule has 0 aromatic carbocycles. The smallest absolute Gasteiger partial charge is 0.271 e. The van der Waals surface area contributed by atoms with Gasteiger partial charge in [-0.2, -0.15) is 0 Å². The van der Waals surface area contributed by atoms with E-state index in [9.17, 15) is 9.59 Å². The number of hydrogen-bond donors (Lipinski definition) is 1. The first kappa shape index (κ1) is 20.8. The minimum absolute atomic E-state index is 0.0868. The van der Waals surface area contributed by atoms with Crippen LogP contribution < -0.4 is 5.32 Å². The van der Waals surface area contributed by atoms with Crippen LogP contribution >= 0.6 is 0 Å². The molecule has 0 bridgehead atoms. The van der Waals surface area contributed by atoms with E-state index in [0.717, 1.165) is 36.8 Å². The molecular formula is C25H30N4O3. The van der Waals surface area contributed by atoms with Gasteiger partial charge in [0.1, 0.15) is 11.2 Å². The molecule has 7 nitrogen and oxygen atoms in total. The summed E-state index contributed by atoms with van der Waals surface area (Å²) in [7, 11) is 0. The van der Waals surface area contributed by atoms with Crippen LogP contribution in [0.4, 0.5) is 0 Å². The first-order valence-electron chi connectivity index (χ1n) is 11.6. The number of amides is 2. The van der Waals surface area contributed by atoms with Gasteiger partial charge in [-0.1, -0.05) is 38.2 Å². The van der Waals surface area contributed by atoms with Gasteiger partial charge >= 0.3 is 0 Å². The molecular weight excluding hydrogens is 404 g/mol. The highest BCUT2D eigenvalue weighted by atomic mass is 16.3. The summed E-state index contributed by atoms with van der Waals surface area (Å²) >= 11 is 0. The zero-order valence-electron chi connectivity index (χ0n) is 18.5. The minimum Gasteiger partial charge on any atom is -0.463 e. The number of aromatic nitrogens is 2. The van der Waals surface area contributed by atoms with E-state index in [4.69, 9.17) is 4.42 Å². The molecule has 2 amide bonds. The van der Waals surface area contributed by atoms with E-state index in [2.05, 4.69) is 10.3 Å². The SMILES string of the molecule is C[C@@]1(C(=O)NC2CCCCCCC2)Cn2c(cc3occc32)C(=O)N1Cc1cccnc1. The van der Waals surface area contributed by atoms with Gasteiger partial charge in [0.05, 0.1) is 18.3 Å². The summed E-state index contributed by atoms with van der Waals surface area (Å²) in [4.78, 5) is 33.3. The number of fused-ring (bicyclic) bond motifs is 3. The van der Waals surface area contributed by atoms with Crippen LogP contribution in [-0.4, -0.2) is 37.8 Å². The first-order chi connectivity index (χ1) is 15.6. The highest BCUT2D eigenvalue weighted by Gasteiger charge is 2.48. The van der Waals surface area contributed by atoms with Crippen LogP contribution in [0, 0.1) is 0 Å². The van der Waals surface area contributed by atoms with E-state index in [0.29, 0.717) is 24.4 Å². The topological polar surface area (TPSA) is 80.4 Å². The van der Waals surface area contributed by atoms with E-state index in [-0.39, 0.29) is 17.9 Å². The summed E-state index contributed by atoms with van der Waals surface area (Å²) in [6.45, 7) is 2.60. The van der Waals surface area contributed by atoms with E-state index in [1.54, 1.807) is 29.6 Å². The second kappa shape index (κ2) is 8.45. The van der Waals surface area contributed by atoms with Crippen molar-refractivity contribution < 1.29 is 14.0 Å². The van der Waals surface area contributed by atoms with Gasteiger partial charge in [0, 0.05) is 37.1 Å². The van der Waals surface area contributed by atoms with Crippen molar-refractivity contribution in [3.05, 3.63) is 54.2 Å². The molecule has 2 aliphatic rings. The van der Waals surface area contributed by atoms with Crippen LogP contribution in [0.1, 0.15) is 67.9 Å². The van der Waals surface area contributed by atoms with Crippen LogP contribution in [-0.2, 0) is 17.9 Å². The van der Waals surface area contributed by atoms with Crippen LogP contribution in [0.15, 0.2) is 47.3 Å². The van der Waals surface area contributed by atoms with Crippen molar-refractivity contribution in [2.24, 2.45) is 0 Å². The Labute approximate surface area is 187 Å². The van der Waals surface area contributed by atoms with E-state index in [1.807, 2.05) is 29.7 Å². The summed E-state index contributed by atoms with van der Waals surface area (Å²) in [5.41, 5.74) is 1.94. The number of nitrogens with zero attached hydrogens (tertiary/aromatic N) is 3. The van der Waals surface area contributed by atoms with E-state index in [1.165, 1.54) is 19.3 Å². The van der Waals surface area contributed by atoms with Crippen LogP contribution in [0.25, 0.3) is 11.1 Å². The highest BCUT2D eigenvalue weighted by molar-refractivity contribution is 6.02. The lowest BCUT2D eigenvalue weighted by Gasteiger charge is -2.44. The average molecular weight is 435 g/mol. The van der Waals surface area contributed by atoms with E-state index >= 15 is 0 Å². The Bertz CT molecular complexity index is 1110. The molecule has 3 aromatic rings. The fourth-order valence-corrected chi connectivity index (χ4v) is 5.14. The molecule has 0 saturated heterocycles.